The molecule has 0 N–H and O–H groups in total. The van der Waals surface area contributed by atoms with Crippen LogP contribution >= 0.6 is 0 Å². The number of hydrogen-bond acceptors (Lipinski definition) is 7. The highest BCUT2D eigenvalue weighted by atomic mass is 16.5. The molecule has 2 fully saturated rings. The van der Waals surface area contributed by atoms with E-state index in [-0.39, 0.29) is 29.3 Å². The van der Waals surface area contributed by atoms with Crippen molar-refractivity contribution in [2.45, 2.75) is 24.9 Å². The van der Waals surface area contributed by atoms with Crippen molar-refractivity contribution >= 4 is 11.7 Å². The average Bonchev–Trinajstić information content (AvgIpc) is 3.44. The van der Waals surface area contributed by atoms with Gasteiger partial charge in [-0.1, -0.05) is 12.1 Å². The van der Waals surface area contributed by atoms with Gasteiger partial charge in [0.25, 0.3) is 5.91 Å². The minimum atomic E-state index is -2.72. The summed E-state index contributed by atoms with van der Waals surface area (Å²) < 4.78 is 27.8. The van der Waals surface area contributed by atoms with Gasteiger partial charge in [-0.2, -0.15) is 20.3 Å². The zero-order chi connectivity index (χ0) is 23.9. The zero-order valence-electron chi connectivity index (χ0n) is 19.5. The maximum atomic E-state index is 13.5. The van der Waals surface area contributed by atoms with E-state index in [4.69, 9.17) is 8.85 Å². The molecule has 2 aliphatic rings. The molecule has 0 radical (unpaired) electrons. The molecule has 2 unspecified atom stereocenters. The van der Waals surface area contributed by atoms with Crippen molar-refractivity contribution in [3.05, 3.63) is 60.0 Å². The van der Waals surface area contributed by atoms with Crippen LogP contribution in [0, 0.1) is 11.3 Å². The van der Waals surface area contributed by atoms with Crippen LogP contribution in [-0.2, 0) is 0 Å². The first kappa shape index (κ1) is 15.8. The van der Waals surface area contributed by atoms with Crippen molar-refractivity contribution in [3.8, 4) is 17.5 Å². The SMILES string of the molecule is [2H]C([2H])([2H])Oc1c(C#N)ccnc1N1C2CCC1CN(C(=O)c1ccccc1-n1nccn1)C2. The first-order valence-electron chi connectivity index (χ1n) is 11.5. The van der Waals surface area contributed by atoms with E-state index in [9.17, 15) is 10.1 Å². The second-order valence-electron chi connectivity index (χ2n) is 7.56. The van der Waals surface area contributed by atoms with Crippen LogP contribution in [0.5, 0.6) is 5.75 Å². The average molecular weight is 418 g/mol. The van der Waals surface area contributed by atoms with Gasteiger partial charge in [0.1, 0.15) is 6.07 Å². The topological polar surface area (TPSA) is 100 Å². The highest BCUT2D eigenvalue weighted by Crippen LogP contribution is 2.40. The number of fused-ring (bicyclic) bond motifs is 2. The first-order chi connectivity index (χ1) is 16.4. The van der Waals surface area contributed by atoms with Crippen LogP contribution in [0.3, 0.4) is 0 Å². The Morgan fingerprint density at radius 2 is 1.90 bits per heavy atom. The van der Waals surface area contributed by atoms with Gasteiger partial charge < -0.3 is 14.5 Å². The van der Waals surface area contributed by atoms with E-state index in [1.807, 2.05) is 17.0 Å². The molecular weight excluding hydrogens is 394 g/mol. The molecule has 9 heteroatoms. The van der Waals surface area contributed by atoms with Crippen LogP contribution in [0.4, 0.5) is 5.82 Å². The molecule has 2 aromatic heterocycles. The van der Waals surface area contributed by atoms with Gasteiger partial charge in [-0.05, 0) is 31.0 Å². The summed E-state index contributed by atoms with van der Waals surface area (Å²) in [5.41, 5.74) is 1.21. The highest BCUT2D eigenvalue weighted by Gasteiger charge is 2.43. The number of anilines is 1. The maximum absolute atomic E-state index is 13.5. The lowest BCUT2D eigenvalue weighted by atomic mass is 10.1. The van der Waals surface area contributed by atoms with Crippen LogP contribution in [-0.4, -0.2) is 63.0 Å². The van der Waals surface area contributed by atoms with Crippen LogP contribution in [0.25, 0.3) is 5.69 Å². The fourth-order valence-corrected chi connectivity index (χ4v) is 4.56. The number of para-hydroxylation sites is 1. The number of nitrogens with zero attached hydrogens (tertiary/aromatic N) is 7. The summed E-state index contributed by atoms with van der Waals surface area (Å²) in [6.45, 7) is 0.865. The third-order valence-electron chi connectivity index (χ3n) is 5.89. The lowest BCUT2D eigenvalue weighted by molar-refractivity contribution is 0.0717. The molecule has 1 amide bonds. The molecule has 0 spiro atoms. The molecule has 0 aliphatic carbocycles. The smallest absolute Gasteiger partial charge is 0.256 e. The van der Waals surface area contributed by atoms with E-state index in [2.05, 4.69) is 15.2 Å². The van der Waals surface area contributed by atoms with E-state index in [0.717, 1.165) is 12.8 Å². The summed E-state index contributed by atoms with van der Waals surface area (Å²) in [7, 11) is -2.72. The Morgan fingerprint density at radius 1 is 1.16 bits per heavy atom. The van der Waals surface area contributed by atoms with Crippen molar-refractivity contribution in [1.29, 1.82) is 5.26 Å². The van der Waals surface area contributed by atoms with Crippen molar-refractivity contribution in [2.24, 2.45) is 0 Å². The van der Waals surface area contributed by atoms with Crippen LogP contribution in [0.15, 0.2) is 48.9 Å². The molecule has 9 nitrogen and oxygen atoms in total. The number of piperazine rings is 1. The van der Waals surface area contributed by atoms with Crippen molar-refractivity contribution in [3.63, 3.8) is 0 Å². The standard InChI is InChI=1S/C22H21N7O2/c1-31-20-15(12-23)8-9-24-21(20)28-16-6-7-17(28)14-27(13-16)22(30)18-4-2-3-5-19(18)29-25-10-11-26-29/h2-5,8-11,16-17H,6-7,13-14H2,1H3/i1D3. The summed E-state index contributed by atoms with van der Waals surface area (Å²) in [4.78, 5) is 23.1. The minimum absolute atomic E-state index is 0.0446. The van der Waals surface area contributed by atoms with Crippen molar-refractivity contribution in [2.75, 3.05) is 25.0 Å². The summed E-state index contributed by atoms with van der Waals surface area (Å²) in [6.07, 6.45) is 6.21. The Balaban J connectivity index is 1.44. The third kappa shape index (κ3) is 3.17. The van der Waals surface area contributed by atoms with Gasteiger partial charge in [0.2, 0.25) is 0 Å². The Labute approximate surface area is 183 Å². The number of benzene rings is 1. The molecule has 3 aromatic rings. The Bertz CT molecular complexity index is 1240. The lowest BCUT2D eigenvalue weighted by Crippen LogP contribution is -2.56. The van der Waals surface area contributed by atoms with E-state index in [1.54, 1.807) is 35.5 Å². The van der Waals surface area contributed by atoms with Gasteiger partial charge in [0.05, 0.1) is 40.4 Å². The molecule has 2 bridgehead atoms. The Morgan fingerprint density at radius 3 is 2.61 bits per heavy atom. The van der Waals surface area contributed by atoms with Gasteiger partial charge in [-0.25, -0.2) is 4.98 Å². The fraction of sp³-hybridized carbons (Fsp3) is 0.318. The number of amides is 1. The normalized spacial score (nSPS) is 21.7. The predicted octanol–water partition coefficient (Wildman–Crippen LogP) is 2.04. The number of rotatable bonds is 4. The van der Waals surface area contributed by atoms with E-state index in [1.165, 1.54) is 17.1 Å². The number of pyridine rings is 1. The molecular formula is C22H21N7O2. The third-order valence-corrected chi connectivity index (χ3v) is 5.89. The lowest BCUT2D eigenvalue weighted by Gasteiger charge is -2.42. The molecule has 5 rings (SSSR count). The quantitative estimate of drug-likeness (QED) is 0.639. The summed E-state index contributed by atoms with van der Waals surface area (Å²) in [5, 5.41) is 17.8. The van der Waals surface area contributed by atoms with Gasteiger partial charge in [-0.15, -0.1) is 0 Å². The maximum Gasteiger partial charge on any atom is 0.256 e. The largest absolute Gasteiger partial charge is 0.492 e. The molecule has 2 saturated heterocycles. The summed E-state index contributed by atoms with van der Waals surface area (Å²) >= 11 is 0. The second kappa shape index (κ2) is 7.72. The first-order valence-corrected chi connectivity index (χ1v) is 9.97. The van der Waals surface area contributed by atoms with Gasteiger partial charge in [-0.3, -0.25) is 4.79 Å². The van der Waals surface area contributed by atoms with Crippen molar-refractivity contribution in [1.82, 2.24) is 24.9 Å². The Kier molecular flexibility index (Phi) is 3.95. The fourth-order valence-electron chi connectivity index (χ4n) is 4.56. The second-order valence-corrected chi connectivity index (χ2v) is 7.56. The number of methoxy groups -OCH3 is 1. The molecule has 2 atom stereocenters. The molecule has 1 aromatic carbocycles. The molecule has 2 aliphatic heterocycles. The number of aromatic nitrogens is 4. The van der Waals surface area contributed by atoms with Crippen LogP contribution in [0.1, 0.15) is 32.9 Å². The van der Waals surface area contributed by atoms with Crippen molar-refractivity contribution < 1.29 is 13.6 Å². The zero-order valence-corrected chi connectivity index (χ0v) is 16.5. The van der Waals surface area contributed by atoms with Crippen LogP contribution < -0.4 is 9.64 Å². The van der Waals surface area contributed by atoms with E-state index in [0.29, 0.717) is 30.2 Å². The van der Waals surface area contributed by atoms with E-state index < -0.39 is 7.04 Å². The number of carbonyl (C=O) groups is 1. The number of hydrogen-bond donors (Lipinski definition) is 0. The number of nitriles is 1. The minimum Gasteiger partial charge on any atom is -0.492 e. The summed E-state index contributed by atoms with van der Waals surface area (Å²) in [6, 6.07) is 10.5. The summed E-state index contributed by atoms with van der Waals surface area (Å²) in [5.74, 6) is 0.162. The molecule has 0 saturated carbocycles. The molecule has 4 heterocycles. The number of carbonyl (C=O) groups excluding carboxylic acids is 1. The molecule has 156 valence electrons. The van der Waals surface area contributed by atoms with Crippen LogP contribution in [0.2, 0.25) is 0 Å². The van der Waals surface area contributed by atoms with Gasteiger partial charge in [0.15, 0.2) is 11.6 Å². The highest BCUT2D eigenvalue weighted by molar-refractivity contribution is 5.98. The predicted molar refractivity (Wildman–Crippen MR) is 112 cm³/mol. The Hall–Kier alpha value is -3.93. The number of likely N-dealkylation sites (tertiary alicyclic amines) is 1. The van der Waals surface area contributed by atoms with Gasteiger partial charge >= 0.3 is 0 Å². The van der Waals surface area contributed by atoms with Gasteiger partial charge in [0, 0.05) is 31.4 Å². The number of ether oxygens (including phenoxy) is 1. The molecule has 31 heavy (non-hydrogen) atoms. The monoisotopic (exact) mass is 418 g/mol. The van der Waals surface area contributed by atoms with E-state index >= 15 is 0 Å².